The summed E-state index contributed by atoms with van der Waals surface area (Å²) in [5.74, 6) is -0.245. The first-order valence-electron chi connectivity index (χ1n) is 7.65. The van der Waals surface area contributed by atoms with Gasteiger partial charge in [0.1, 0.15) is 0 Å². The van der Waals surface area contributed by atoms with Gasteiger partial charge in [0.2, 0.25) is 0 Å². The number of hydrogen-bond acceptors (Lipinski definition) is 4. The lowest BCUT2D eigenvalue weighted by molar-refractivity contribution is 0.0696. The smallest absolute Gasteiger partial charge is 0.276 e. The van der Waals surface area contributed by atoms with Gasteiger partial charge in [-0.25, -0.2) is 0 Å². The van der Waals surface area contributed by atoms with Crippen LogP contribution in [0.1, 0.15) is 32.8 Å². The van der Waals surface area contributed by atoms with Crippen molar-refractivity contribution in [1.82, 2.24) is 25.2 Å². The van der Waals surface area contributed by atoms with Gasteiger partial charge in [0, 0.05) is 30.7 Å². The van der Waals surface area contributed by atoms with Crippen LogP contribution < -0.4 is 0 Å². The molecule has 0 bridgehead atoms. The molecule has 1 aromatic heterocycles. The normalized spacial score (nSPS) is 17.1. The van der Waals surface area contributed by atoms with E-state index in [1.807, 2.05) is 6.92 Å². The Kier molecular flexibility index (Phi) is 4.53. The quantitative estimate of drug-likeness (QED) is 0.917. The third kappa shape index (κ3) is 3.12. The molecule has 0 radical (unpaired) electrons. The topological polar surface area (TPSA) is 82.2 Å². The second-order valence-electron chi connectivity index (χ2n) is 5.93. The third-order valence-electron chi connectivity index (χ3n) is 4.36. The van der Waals surface area contributed by atoms with Crippen molar-refractivity contribution < 1.29 is 9.59 Å². The maximum Gasteiger partial charge on any atom is 0.276 e. The average molecular weight is 348 g/mol. The number of H-pyrrole nitrogens is 1. The standard InChI is InChI=1S/C16H18ClN5O2/c1-10-7-11(3-4-13(10)17)15(23)22-6-5-12(9-22)21(2)16(24)14-8-18-20-19-14/h3-4,7-8,12H,5-6,9H2,1-2H3,(H,18,19,20). The van der Waals surface area contributed by atoms with Crippen molar-refractivity contribution in [2.75, 3.05) is 20.1 Å². The maximum absolute atomic E-state index is 12.6. The Morgan fingerprint density at radius 3 is 2.88 bits per heavy atom. The van der Waals surface area contributed by atoms with Gasteiger partial charge in [-0.3, -0.25) is 9.59 Å². The van der Waals surface area contributed by atoms with E-state index in [4.69, 9.17) is 11.6 Å². The molecule has 1 fully saturated rings. The molecule has 0 spiro atoms. The molecule has 1 aliphatic rings. The van der Waals surface area contributed by atoms with Crippen LogP contribution in [0.2, 0.25) is 5.02 Å². The van der Waals surface area contributed by atoms with Crippen molar-refractivity contribution in [2.45, 2.75) is 19.4 Å². The van der Waals surface area contributed by atoms with E-state index in [-0.39, 0.29) is 23.6 Å². The van der Waals surface area contributed by atoms with E-state index in [0.717, 1.165) is 12.0 Å². The summed E-state index contributed by atoms with van der Waals surface area (Å²) >= 11 is 6.01. The minimum Gasteiger partial charge on any atom is -0.337 e. The van der Waals surface area contributed by atoms with Crippen LogP contribution in [0.15, 0.2) is 24.4 Å². The molecule has 0 aliphatic carbocycles. The fraction of sp³-hybridized carbons (Fsp3) is 0.375. The lowest BCUT2D eigenvalue weighted by Gasteiger charge is -2.24. The molecule has 126 valence electrons. The number of nitrogens with zero attached hydrogens (tertiary/aromatic N) is 4. The van der Waals surface area contributed by atoms with E-state index in [9.17, 15) is 9.59 Å². The molecule has 1 unspecified atom stereocenters. The Balaban J connectivity index is 1.67. The van der Waals surface area contributed by atoms with Gasteiger partial charge in [-0.2, -0.15) is 15.4 Å². The molecular formula is C16H18ClN5O2. The number of amides is 2. The zero-order valence-corrected chi connectivity index (χ0v) is 14.2. The number of rotatable bonds is 3. The predicted molar refractivity (Wildman–Crippen MR) is 89.0 cm³/mol. The number of aryl methyl sites for hydroxylation is 1. The van der Waals surface area contributed by atoms with Crippen molar-refractivity contribution in [1.29, 1.82) is 0 Å². The Hall–Kier alpha value is -2.41. The van der Waals surface area contributed by atoms with E-state index in [2.05, 4.69) is 15.4 Å². The van der Waals surface area contributed by atoms with E-state index in [1.54, 1.807) is 35.0 Å². The van der Waals surface area contributed by atoms with Crippen LogP contribution in [0, 0.1) is 6.92 Å². The van der Waals surface area contributed by atoms with Gasteiger partial charge >= 0.3 is 0 Å². The Morgan fingerprint density at radius 1 is 1.42 bits per heavy atom. The summed E-state index contributed by atoms with van der Waals surface area (Å²) in [5, 5.41) is 10.5. The molecule has 1 aliphatic heterocycles. The third-order valence-corrected chi connectivity index (χ3v) is 4.78. The lowest BCUT2D eigenvalue weighted by atomic mass is 10.1. The number of likely N-dealkylation sites (N-methyl/N-ethyl adjacent to an activating group) is 1. The highest BCUT2D eigenvalue weighted by atomic mass is 35.5. The molecular weight excluding hydrogens is 330 g/mol. The van der Waals surface area contributed by atoms with E-state index in [0.29, 0.717) is 23.7 Å². The van der Waals surface area contributed by atoms with Gasteiger partial charge in [-0.1, -0.05) is 11.6 Å². The monoisotopic (exact) mass is 347 g/mol. The molecule has 3 rings (SSSR count). The highest BCUT2D eigenvalue weighted by molar-refractivity contribution is 6.31. The zero-order valence-electron chi connectivity index (χ0n) is 13.5. The van der Waals surface area contributed by atoms with Crippen molar-refractivity contribution in [3.63, 3.8) is 0 Å². The van der Waals surface area contributed by atoms with Crippen molar-refractivity contribution in [3.05, 3.63) is 46.2 Å². The minimum absolute atomic E-state index is 0.0356. The number of aromatic nitrogens is 3. The van der Waals surface area contributed by atoms with Crippen LogP contribution in [0.25, 0.3) is 0 Å². The van der Waals surface area contributed by atoms with E-state index < -0.39 is 0 Å². The minimum atomic E-state index is -0.203. The first kappa shape index (κ1) is 16.4. The highest BCUT2D eigenvalue weighted by Gasteiger charge is 2.32. The molecule has 1 atom stereocenters. The Labute approximate surface area is 144 Å². The summed E-state index contributed by atoms with van der Waals surface area (Å²) in [6.07, 6.45) is 2.13. The number of hydrogen-bond donors (Lipinski definition) is 1. The zero-order chi connectivity index (χ0) is 17.3. The SMILES string of the molecule is Cc1cc(C(=O)N2CCC(N(C)C(=O)c3cn[nH]n3)C2)ccc1Cl. The summed E-state index contributed by atoms with van der Waals surface area (Å²) in [6, 6.07) is 5.22. The molecule has 2 aromatic rings. The van der Waals surface area contributed by atoms with Gasteiger partial charge in [0.15, 0.2) is 5.69 Å². The van der Waals surface area contributed by atoms with Crippen molar-refractivity contribution in [3.8, 4) is 0 Å². The summed E-state index contributed by atoms with van der Waals surface area (Å²) in [5.41, 5.74) is 1.76. The van der Waals surface area contributed by atoms with Crippen molar-refractivity contribution >= 4 is 23.4 Å². The number of carbonyl (C=O) groups excluding carboxylic acids is 2. The molecule has 2 heterocycles. The van der Waals surface area contributed by atoms with Gasteiger partial charge in [-0.05, 0) is 37.1 Å². The highest BCUT2D eigenvalue weighted by Crippen LogP contribution is 2.21. The fourth-order valence-electron chi connectivity index (χ4n) is 2.85. The van der Waals surface area contributed by atoms with Crippen LogP contribution in [-0.4, -0.2) is 63.2 Å². The molecule has 1 aromatic carbocycles. The summed E-state index contributed by atoms with van der Waals surface area (Å²) in [6.45, 7) is 2.98. The number of aromatic amines is 1. The van der Waals surface area contributed by atoms with Crippen LogP contribution in [0.5, 0.6) is 0 Å². The lowest BCUT2D eigenvalue weighted by Crippen LogP contribution is -2.40. The van der Waals surface area contributed by atoms with Gasteiger partial charge in [-0.15, -0.1) is 0 Å². The average Bonchev–Trinajstić information content (AvgIpc) is 3.27. The van der Waals surface area contributed by atoms with Crippen LogP contribution in [0.3, 0.4) is 0 Å². The van der Waals surface area contributed by atoms with Crippen LogP contribution >= 0.6 is 11.6 Å². The summed E-state index contributed by atoms with van der Waals surface area (Å²) in [4.78, 5) is 28.3. The van der Waals surface area contributed by atoms with Crippen LogP contribution in [0.4, 0.5) is 0 Å². The van der Waals surface area contributed by atoms with Crippen LogP contribution in [-0.2, 0) is 0 Å². The van der Waals surface area contributed by atoms with Gasteiger partial charge in [0.25, 0.3) is 11.8 Å². The molecule has 1 N–H and O–H groups in total. The number of nitrogens with one attached hydrogen (secondary N) is 1. The van der Waals surface area contributed by atoms with E-state index >= 15 is 0 Å². The summed E-state index contributed by atoms with van der Waals surface area (Å²) < 4.78 is 0. The summed E-state index contributed by atoms with van der Waals surface area (Å²) in [7, 11) is 1.72. The largest absolute Gasteiger partial charge is 0.337 e. The van der Waals surface area contributed by atoms with Crippen molar-refractivity contribution in [2.24, 2.45) is 0 Å². The molecule has 24 heavy (non-hydrogen) atoms. The second kappa shape index (κ2) is 6.60. The molecule has 2 amide bonds. The second-order valence-corrected chi connectivity index (χ2v) is 6.34. The number of likely N-dealkylation sites (tertiary alicyclic amines) is 1. The molecule has 0 saturated carbocycles. The maximum atomic E-state index is 12.6. The Bertz CT molecular complexity index is 762. The van der Waals surface area contributed by atoms with E-state index in [1.165, 1.54) is 6.20 Å². The predicted octanol–water partition coefficient (Wildman–Crippen LogP) is 1.75. The van der Waals surface area contributed by atoms with Gasteiger partial charge in [0.05, 0.1) is 12.2 Å². The Morgan fingerprint density at radius 2 is 2.21 bits per heavy atom. The first-order valence-corrected chi connectivity index (χ1v) is 8.03. The number of carbonyl (C=O) groups is 2. The number of halogens is 1. The fourth-order valence-corrected chi connectivity index (χ4v) is 2.97. The molecule has 1 saturated heterocycles. The first-order chi connectivity index (χ1) is 11.5. The number of benzene rings is 1. The van der Waals surface area contributed by atoms with Gasteiger partial charge < -0.3 is 9.80 Å². The molecule has 7 nitrogen and oxygen atoms in total. The molecule has 8 heteroatoms.